The summed E-state index contributed by atoms with van der Waals surface area (Å²) in [4.78, 5) is 11.3. The predicted octanol–water partition coefficient (Wildman–Crippen LogP) is 3.39. The van der Waals surface area contributed by atoms with Crippen LogP contribution in [0, 0.1) is 5.82 Å². The highest BCUT2D eigenvalue weighted by molar-refractivity contribution is 6.31. The van der Waals surface area contributed by atoms with Gasteiger partial charge in [0.25, 0.3) is 0 Å². The quantitative estimate of drug-likeness (QED) is 0.751. The first-order valence-corrected chi connectivity index (χ1v) is 4.97. The number of carbonyl (C=O) groups excluding carboxylic acids is 1. The predicted molar refractivity (Wildman–Crippen MR) is 55.0 cm³/mol. The van der Waals surface area contributed by atoms with Crippen molar-refractivity contribution >= 4 is 17.4 Å². The summed E-state index contributed by atoms with van der Waals surface area (Å²) in [6, 6.07) is 4.08. The third-order valence-electron chi connectivity index (χ3n) is 1.92. The zero-order chi connectivity index (χ0) is 10.6. The van der Waals surface area contributed by atoms with Crippen LogP contribution in [0.5, 0.6) is 0 Å². The van der Waals surface area contributed by atoms with E-state index in [4.69, 9.17) is 11.6 Å². The number of hydrogen-bond donors (Lipinski definition) is 0. The molecule has 0 fully saturated rings. The molecule has 1 aromatic carbocycles. The van der Waals surface area contributed by atoms with Gasteiger partial charge in [0.15, 0.2) is 0 Å². The molecule has 0 atom stereocenters. The molecule has 0 radical (unpaired) electrons. The van der Waals surface area contributed by atoms with Crippen molar-refractivity contribution in [2.75, 3.05) is 0 Å². The zero-order valence-corrected chi connectivity index (χ0v) is 8.77. The molecule has 0 saturated heterocycles. The Hall–Kier alpha value is -0.890. The molecule has 1 nitrogen and oxygen atoms in total. The normalized spacial score (nSPS) is 10.2. The van der Waals surface area contributed by atoms with E-state index in [1.807, 2.05) is 6.92 Å². The van der Waals surface area contributed by atoms with Crippen LogP contribution in [0.1, 0.15) is 25.3 Å². The second kappa shape index (κ2) is 5.11. The van der Waals surface area contributed by atoms with Crippen LogP contribution >= 0.6 is 11.6 Å². The SMILES string of the molecule is CCCC(=O)Cc1cc(F)ccc1Cl. The molecule has 0 heterocycles. The molecule has 3 heteroatoms. The largest absolute Gasteiger partial charge is 0.299 e. The lowest BCUT2D eigenvalue weighted by Gasteiger charge is -2.02. The molecule has 0 aliphatic rings. The second-order valence-corrected chi connectivity index (χ2v) is 3.61. The van der Waals surface area contributed by atoms with Crippen LogP contribution in [0.25, 0.3) is 0 Å². The number of halogens is 2. The Morgan fingerprint density at radius 1 is 1.50 bits per heavy atom. The average Bonchev–Trinajstić information content (AvgIpc) is 2.12. The van der Waals surface area contributed by atoms with Crippen molar-refractivity contribution in [3.63, 3.8) is 0 Å². The molecule has 0 unspecified atom stereocenters. The first-order chi connectivity index (χ1) is 6.63. The fraction of sp³-hybridized carbons (Fsp3) is 0.364. The Kier molecular flexibility index (Phi) is 4.08. The van der Waals surface area contributed by atoms with Crippen LogP contribution in [0.2, 0.25) is 5.02 Å². The molecule has 1 rings (SSSR count). The van der Waals surface area contributed by atoms with Gasteiger partial charge in [-0.15, -0.1) is 0 Å². The highest BCUT2D eigenvalue weighted by Gasteiger charge is 2.07. The van der Waals surface area contributed by atoms with Gasteiger partial charge in [0.2, 0.25) is 0 Å². The fourth-order valence-electron chi connectivity index (χ4n) is 1.26. The van der Waals surface area contributed by atoms with Crippen molar-refractivity contribution in [3.8, 4) is 0 Å². The molecule has 0 amide bonds. The van der Waals surface area contributed by atoms with Crippen LogP contribution in [0.4, 0.5) is 4.39 Å². The van der Waals surface area contributed by atoms with Gasteiger partial charge in [0, 0.05) is 17.9 Å². The van der Waals surface area contributed by atoms with E-state index in [9.17, 15) is 9.18 Å². The summed E-state index contributed by atoms with van der Waals surface area (Å²) in [7, 11) is 0. The van der Waals surface area contributed by atoms with Gasteiger partial charge in [-0.3, -0.25) is 4.79 Å². The molecule has 0 saturated carbocycles. The van der Waals surface area contributed by atoms with Crippen molar-refractivity contribution in [3.05, 3.63) is 34.6 Å². The van der Waals surface area contributed by atoms with E-state index in [0.29, 0.717) is 17.0 Å². The van der Waals surface area contributed by atoms with E-state index in [-0.39, 0.29) is 18.0 Å². The number of rotatable bonds is 4. The number of carbonyl (C=O) groups is 1. The van der Waals surface area contributed by atoms with Crippen molar-refractivity contribution in [2.45, 2.75) is 26.2 Å². The molecule has 0 N–H and O–H groups in total. The van der Waals surface area contributed by atoms with Gasteiger partial charge in [0.1, 0.15) is 11.6 Å². The Morgan fingerprint density at radius 3 is 2.86 bits per heavy atom. The minimum Gasteiger partial charge on any atom is -0.299 e. The minimum absolute atomic E-state index is 0.0972. The number of Topliss-reactive ketones (excluding diaryl/α,β-unsaturated/α-hetero) is 1. The third kappa shape index (κ3) is 3.11. The Balaban J connectivity index is 2.75. The molecule has 0 aliphatic carbocycles. The van der Waals surface area contributed by atoms with Gasteiger partial charge >= 0.3 is 0 Å². The van der Waals surface area contributed by atoms with Crippen LogP contribution < -0.4 is 0 Å². The highest BCUT2D eigenvalue weighted by atomic mass is 35.5. The molecule has 0 spiro atoms. The first kappa shape index (κ1) is 11.2. The number of benzene rings is 1. The van der Waals surface area contributed by atoms with Gasteiger partial charge in [-0.05, 0) is 30.2 Å². The van der Waals surface area contributed by atoms with E-state index in [2.05, 4.69) is 0 Å². The number of ketones is 1. The summed E-state index contributed by atoms with van der Waals surface area (Å²) < 4.78 is 12.8. The van der Waals surface area contributed by atoms with Gasteiger partial charge in [-0.2, -0.15) is 0 Å². The van der Waals surface area contributed by atoms with Crippen molar-refractivity contribution in [1.82, 2.24) is 0 Å². The Bertz CT molecular complexity index is 336. The van der Waals surface area contributed by atoms with E-state index in [1.54, 1.807) is 0 Å². The number of hydrogen-bond acceptors (Lipinski definition) is 1. The van der Waals surface area contributed by atoms with Gasteiger partial charge in [-0.1, -0.05) is 18.5 Å². The maximum atomic E-state index is 12.8. The maximum Gasteiger partial charge on any atom is 0.137 e. The summed E-state index contributed by atoms with van der Waals surface area (Å²) in [6.45, 7) is 1.94. The lowest BCUT2D eigenvalue weighted by Crippen LogP contribution is -2.02. The van der Waals surface area contributed by atoms with Gasteiger partial charge in [0.05, 0.1) is 0 Å². The molecule has 0 aliphatic heterocycles. The van der Waals surface area contributed by atoms with Crippen molar-refractivity contribution in [2.24, 2.45) is 0 Å². The van der Waals surface area contributed by atoms with Crippen LogP contribution in [0.3, 0.4) is 0 Å². The van der Waals surface area contributed by atoms with E-state index < -0.39 is 0 Å². The molecule has 1 aromatic rings. The van der Waals surface area contributed by atoms with E-state index >= 15 is 0 Å². The molecular formula is C11H12ClFO. The van der Waals surface area contributed by atoms with Gasteiger partial charge in [-0.25, -0.2) is 4.39 Å². The molecular weight excluding hydrogens is 203 g/mol. The lowest BCUT2D eigenvalue weighted by atomic mass is 10.1. The summed E-state index contributed by atoms with van der Waals surface area (Å²) in [5.41, 5.74) is 0.574. The smallest absolute Gasteiger partial charge is 0.137 e. The minimum atomic E-state index is -0.353. The Morgan fingerprint density at radius 2 is 2.21 bits per heavy atom. The highest BCUT2D eigenvalue weighted by Crippen LogP contribution is 2.18. The van der Waals surface area contributed by atoms with Crippen LogP contribution in [-0.2, 0) is 11.2 Å². The maximum absolute atomic E-state index is 12.8. The molecule has 14 heavy (non-hydrogen) atoms. The molecule has 0 bridgehead atoms. The van der Waals surface area contributed by atoms with Gasteiger partial charge < -0.3 is 0 Å². The van der Waals surface area contributed by atoms with Crippen LogP contribution in [-0.4, -0.2) is 5.78 Å². The fourth-order valence-corrected chi connectivity index (χ4v) is 1.44. The van der Waals surface area contributed by atoms with E-state index in [0.717, 1.165) is 6.42 Å². The summed E-state index contributed by atoms with van der Waals surface area (Å²) in [5, 5.41) is 0.454. The summed E-state index contributed by atoms with van der Waals surface area (Å²) in [6.07, 6.45) is 1.56. The summed E-state index contributed by atoms with van der Waals surface area (Å²) in [5.74, 6) is -0.256. The lowest BCUT2D eigenvalue weighted by molar-refractivity contribution is -0.118. The van der Waals surface area contributed by atoms with Crippen molar-refractivity contribution in [1.29, 1.82) is 0 Å². The molecule has 0 aromatic heterocycles. The monoisotopic (exact) mass is 214 g/mol. The van der Waals surface area contributed by atoms with Crippen LogP contribution in [0.15, 0.2) is 18.2 Å². The standard InChI is InChI=1S/C11H12ClFO/c1-2-3-10(14)7-8-6-9(13)4-5-11(8)12/h4-6H,2-3,7H2,1H3. The van der Waals surface area contributed by atoms with Crippen molar-refractivity contribution < 1.29 is 9.18 Å². The first-order valence-electron chi connectivity index (χ1n) is 4.59. The van der Waals surface area contributed by atoms with E-state index in [1.165, 1.54) is 18.2 Å². The Labute approximate surface area is 87.9 Å². The summed E-state index contributed by atoms with van der Waals surface area (Å²) >= 11 is 5.82. The average molecular weight is 215 g/mol. The molecule has 76 valence electrons. The second-order valence-electron chi connectivity index (χ2n) is 3.20. The zero-order valence-electron chi connectivity index (χ0n) is 8.02. The topological polar surface area (TPSA) is 17.1 Å². The third-order valence-corrected chi connectivity index (χ3v) is 2.29.